The highest BCUT2D eigenvalue weighted by atomic mass is 16.5. The number of nitrogens with zero attached hydrogens (tertiary/aromatic N) is 3. The summed E-state index contributed by atoms with van der Waals surface area (Å²) >= 11 is 0. The zero-order valence-electron chi connectivity index (χ0n) is 9.85. The minimum absolute atomic E-state index is 0.0655. The Morgan fingerprint density at radius 3 is 2.50 bits per heavy atom. The van der Waals surface area contributed by atoms with Gasteiger partial charge in [-0.05, 0) is 20.8 Å². The zero-order chi connectivity index (χ0) is 12.3. The molecule has 1 rings (SSSR count). The maximum absolute atomic E-state index is 9.54. The Bertz CT molecular complexity index is 367. The van der Waals surface area contributed by atoms with E-state index < -0.39 is 11.6 Å². The summed E-state index contributed by atoms with van der Waals surface area (Å²) in [5.74, 6) is 0.339. The van der Waals surface area contributed by atoms with E-state index in [0.717, 1.165) is 0 Å². The molecule has 0 saturated heterocycles. The fourth-order valence-corrected chi connectivity index (χ4v) is 0.912. The van der Waals surface area contributed by atoms with Gasteiger partial charge in [0.15, 0.2) is 0 Å². The number of hydrogen-bond donors (Lipinski definition) is 3. The predicted molar refractivity (Wildman–Crippen MR) is 60.2 cm³/mol. The van der Waals surface area contributed by atoms with Crippen molar-refractivity contribution in [2.45, 2.75) is 32.4 Å². The fraction of sp³-hybridized carbons (Fsp3) is 0.667. The molecule has 0 amide bonds. The van der Waals surface area contributed by atoms with Crippen LogP contribution in [0.2, 0.25) is 0 Å². The number of hydrogen-bond acceptors (Lipinski definition) is 7. The van der Waals surface area contributed by atoms with E-state index >= 15 is 0 Å². The maximum Gasteiger partial charge on any atom is 0.322 e. The van der Waals surface area contributed by atoms with Gasteiger partial charge in [-0.1, -0.05) is 0 Å². The van der Waals surface area contributed by atoms with Gasteiger partial charge < -0.3 is 20.9 Å². The number of nitrogens with two attached hydrogens (primary N) is 1. The molecule has 90 valence electrons. The Hall–Kier alpha value is -1.63. The summed E-state index contributed by atoms with van der Waals surface area (Å²) in [7, 11) is 1.44. The van der Waals surface area contributed by atoms with Crippen LogP contribution in [0.4, 0.5) is 11.9 Å². The molecular formula is C9H17N5O2. The SMILES string of the molecule is COc1nc(N)nc(NC(C)(C)C(C)O)n1. The van der Waals surface area contributed by atoms with E-state index in [9.17, 15) is 5.11 Å². The van der Waals surface area contributed by atoms with E-state index in [0.29, 0.717) is 0 Å². The fourth-order valence-electron chi connectivity index (χ4n) is 0.912. The highest BCUT2D eigenvalue weighted by Gasteiger charge is 2.25. The summed E-state index contributed by atoms with van der Waals surface area (Å²) < 4.78 is 4.87. The number of rotatable bonds is 4. The Morgan fingerprint density at radius 2 is 2.00 bits per heavy atom. The maximum atomic E-state index is 9.54. The van der Waals surface area contributed by atoms with Crippen molar-refractivity contribution in [2.75, 3.05) is 18.2 Å². The number of nitrogen functional groups attached to an aromatic ring is 1. The van der Waals surface area contributed by atoms with Crippen LogP contribution in [0.3, 0.4) is 0 Å². The lowest BCUT2D eigenvalue weighted by molar-refractivity contribution is 0.132. The first kappa shape index (κ1) is 12.4. The second-order valence-electron chi connectivity index (χ2n) is 4.03. The molecule has 0 aliphatic heterocycles. The van der Waals surface area contributed by atoms with Crippen LogP contribution >= 0.6 is 0 Å². The first-order valence-corrected chi connectivity index (χ1v) is 4.87. The van der Waals surface area contributed by atoms with E-state index in [4.69, 9.17) is 10.5 Å². The number of nitrogens with one attached hydrogen (secondary N) is 1. The standard InChI is InChI=1S/C9H17N5O2/c1-5(15)9(2,3)14-7-11-6(10)12-8(13-7)16-4/h5,15H,1-4H3,(H3,10,11,12,13,14). The Balaban J connectivity index is 2.93. The van der Waals surface area contributed by atoms with Gasteiger partial charge in [0.25, 0.3) is 0 Å². The molecule has 0 saturated carbocycles. The Morgan fingerprint density at radius 1 is 1.38 bits per heavy atom. The Labute approximate surface area is 94.1 Å². The number of methoxy groups -OCH3 is 1. The van der Waals surface area contributed by atoms with Crippen LogP contribution in [0.25, 0.3) is 0 Å². The third-order valence-electron chi connectivity index (χ3n) is 2.29. The van der Waals surface area contributed by atoms with Gasteiger partial charge in [-0.15, -0.1) is 0 Å². The van der Waals surface area contributed by atoms with Crippen LogP contribution in [0, 0.1) is 0 Å². The molecule has 7 nitrogen and oxygen atoms in total. The molecule has 1 aromatic rings. The van der Waals surface area contributed by atoms with E-state index in [2.05, 4.69) is 20.3 Å². The van der Waals surface area contributed by atoms with Crippen LogP contribution in [0.1, 0.15) is 20.8 Å². The topological polar surface area (TPSA) is 106 Å². The molecule has 0 radical (unpaired) electrons. The predicted octanol–water partition coefficient (Wildman–Crippen LogP) is 0.0337. The molecule has 0 fully saturated rings. The average molecular weight is 227 g/mol. The average Bonchev–Trinajstić information content (AvgIpc) is 2.15. The third kappa shape index (κ3) is 2.93. The van der Waals surface area contributed by atoms with Gasteiger partial charge in [0.05, 0.1) is 18.8 Å². The largest absolute Gasteiger partial charge is 0.467 e. The van der Waals surface area contributed by atoms with Crippen molar-refractivity contribution in [3.8, 4) is 6.01 Å². The van der Waals surface area contributed by atoms with Crippen molar-refractivity contribution < 1.29 is 9.84 Å². The summed E-state index contributed by atoms with van der Waals surface area (Å²) in [6.45, 7) is 5.32. The molecule has 1 atom stereocenters. The van der Waals surface area contributed by atoms with Crippen LogP contribution in [0.15, 0.2) is 0 Å². The molecule has 0 aliphatic carbocycles. The summed E-state index contributed by atoms with van der Waals surface area (Å²) in [6.07, 6.45) is -0.573. The van der Waals surface area contributed by atoms with Crippen molar-refractivity contribution in [1.29, 1.82) is 0 Å². The monoisotopic (exact) mass is 227 g/mol. The molecule has 16 heavy (non-hydrogen) atoms. The molecule has 1 heterocycles. The molecule has 4 N–H and O–H groups in total. The number of ether oxygens (including phenoxy) is 1. The molecule has 1 aromatic heterocycles. The summed E-state index contributed by atoms with van der Waals surface area (Å²) in [6, 6.07) is 0.136. The second-order valence-corrected chi connectivity index (χ2v) is 4.03. The van der Waals surface area contributed by atoms with Crippen molar-refractivity contribution >= 4 is 11.9 Å². The van der Waals surface area contributed by atoms with Crippen LogP contribution < -0.4 is 15.8 Å². The molecular weight excluding hydrogens is 210 g/mol. The lowest BCUT2D eigenvalue weighted by atomic mass is 9.99. The third-order valence-corrected chi connectivity index (χ3v) is 2.29. The summed E-state index contributed by atoms with van der Waals surface area (Å²) in [5.41, 5.74) is 4.91. The number of anilines is 2. The minimum Gasteiger partial charge on any atom is -0.467 e. The highest BCUT2D eigenvalue weighted by molar-refractivity contribution is 5.35. The van der Waals surface area contributed by atoms with E-state index in [1.54, 1.807) is 6.92 Å². The van der Waals surface area contributed by atoms with Crippen molar-refractivity contribution in [3.63, 3.8) is 0 Å². The van der Waals surface area contributed by atoms with Crippen molar-refractivity contribution in [2.24, 2.45) is 0 Å². The van der Waals surface area contributed by atoms with Gasteiger partial charge in [-0.2, -0.15) is 15.0 Å². The molecule has 7 heteroatoms. The number of aliphatic hydroxyl groups excluding tert-OH is 1. The quantitative estimate of drug-likeness (QED) is 0.666. The van der Waals surface area contributed by atoms with E-state index in [-0.39, 0.29) is 17.9 Å². The van der Waals surface area contributed by atoms with Gasteiger partial charge in [0, 0.05) is 0 Å². The lowest BCUT2D eigenvalue weighted by Gasteiger charge is -2.29. The van der Waals surface area contributed by atoms with Gasteiger partial charge in [0.2, 0.25) is 11.9 Å². The zero-order valence-corrected chi connectivity index (χ0v) is 9.85. The van der Waals surface area contributed by atoms with Crippen LogP contribution in [-0.4, -0.2) is 38.8 Å². The second kappa shape index (κ2) is 4.48. The first-order valence-electron chi connectivity index (χ1n) is 4.87. The van der Waals surface area contributed by atoms with Crippen molar-refractivity contribution in [3.05, 3.63) is 0 Å². The van der Waals surface area contributed by atoms with Gasteiger partial charge in [-0.3, -0.25) is 0 Å². The molecule has 0 bridgehead atoms. The summed E-state index contributed by atoms with van der Waals surface area (Å²) in [5, 5.41) is 12.5. The smallest absolute Gasteiger partial charge is 0.322 e. The molecule has 0 spiro atoms. The van der Waals surface area contributed by atoms with Gasteiger partial charge >= 0.3 is 6.01 Å². The van der Waals surface area contributed by atoms with Crippen molar-refractivity contribution in [1.82, 2.24) is 15.0 Å². The number of aliphatic hydroxyl groups is 1. The van der Waals surface area contributed by atoms with Crippen LogP contribution in [0.5, 0.6) is 6.01 Å². The molecule has 0 aromatic carbocycles. The lowest BCUT2D eigenvalue weighted by Crippen LogP contribution is -2.42. The van der Waals surface area contributed by atoms with Crippen LogP contribution in [-0.2, 0) is 0 Å². The first-order chi connectivity index (χ1) is 7.35. The Kier molecular flexibility index (Phi) is 3.48. The van der Waals surface area contributed by atoms with E-state index in [1.165, 1.54) is 7.11 Å². The van der Waals surface area contributed by atoms with E-state index in [1.807, 2.05) is 13.8 Å². The minimum atomic E-state index is -0.573. The molecule has 0 aliphatic rings. The highest BCUT2D eigenvalue weighted by Crippen LogP contribution is 2.17. The number of aromatic nitrogens is 3. The normalized spacial score (nSPS) is 13.3. The van der Waals surface area contributed by atoms with Gasteiger partial charge in [0.1, 0.15) is 0 Å². The van der Waals surface area contributed by atoms with Gasteiger partial charge in [-0.25, -0.2) is 0 Å². The summed E-state index contributed by atoms with van der Waals surface area (Å²) in [4.78, 5) is 11.6. The molecule has 1 unspecified atom stereocenters.